The lowest BCUT2D eigenvalue weighted by Crippen LogP contribution is -2.44. The fraction of sp³-hybridized carbons (Fsp3) is 0.625. The molecule has 2 heterocycles. The maximum absolute atomic E-state index is 6.29. The van der Waals surface area contributed by atoms with Gasteiger partial charge in [-0.2, -0.15) is 0 Å². The van der Waals surface area contributed by atoms with E-state index in [-0.39, 0.29) is 6.10 Å². The van der Waals surface area contributed by atoms with Crippen molar-refractivity contribution in [3.8, 4) is 0 Å². The summed E-state index contributed by atoms with van der Waals surface area (Å²) in [5.74, 6) is 0. The molecule has 1 N–H and O–H groups in total. The predicted octanol–water partition coefficient (Wildman–Crippen LogP) is 2.71. The zero-order valence-corrected chi connectivity index (χ0v) is 12.8. The number of halogens is 1. The number of nitrogens with one attached hydrogen (secondary N) is 1. The van der Waals surface area contributed by atoms with Crippen LogP contribution in [0.4, 0.5) is 0 Å². The quantitative estimate of drug-likeness (QED) is 0.928. The van der Waals surface area contributed by atoms with Gasteiger partial charge in [0.1, 0.15) is 0 Å². The van der Waals surface area contributed by atoms with Crippen molar-refractivity contribution in [3.05, 3.63) is 34.9 Å². The van der Waals surface area contributed by atoms with Gasteiger partial charge in [-0.05, 0) is 24.4 Å². The number of nitrogens with zero attached hydrogens (tertiary/aromatic N) is 1. The number of hydrogen-bond acceptors (Lipinski definition) is 3. The second kappa shape index (κ2) is 6.02. The third kappa shape index (κ3) is 3.17. The van der Waals surface area contributed by atoms with Gasteiger partial charge in [0.15, 0.2) is 0 Å². The van der Waals surface area contributed by atoms with E-state index in [1.807, 2.05) is 18.2 Å². The second-order valence-corrected chi connectivity index (χ2v) is 6.76. The minimum absolute atomic E-state index is 0.107. The van der Waals surface area contributed by atoms with E-state index in [4.69, 9.17) is 16.3 Å². The molecule has 0 amide bonds. The zero-order chi connectivity index (χ0) is 14.0. The molecule has 1 aromatic rings. The van der Waals surface area contributed by atoms with E-state index in [9.17, 15) is 0 Å². The largest absolute Gasteiger partial charge is 0.371 e. The molecule has 2 aliphatic rings. The lowest BCUT2D eigenvalue weighted by Gasteiger charge is -2.38. The molecular weight excluding hydrogens is 272 g/mol. The topological polar surface area (TPSA) is 24.5 Å². The van der Waals surface area contributed by atoms with Crippen LogP contribution in [0, 0.1) is 5.41 Å². The van der Waals surface area contributed by atoms with Crippen LogP contribution in [0.5, 0.6) is 0 Å². The number of ether oxygens (including phenoxy) is 1. The maximum Gasteiger partial charge on any atom is 0.0966 e. The molecule has 0 radical (unpaired) electrons. The molecule has 0 spiro atoms. The zero-order valence-electron chi connectivity index (χ0n) is 12.1. The first-order valence-corrected chi connectivity index (χ1v) is 7.83. The molecule has 20 heavy (non-hydrogen) atoms. The van der Waals surface area contributed by atoms with Gasteiger partial charge in [0.2, 0.25) is 0 Å². The first-order valence-electron chi connectivity index (χ1n) is 7.45. The molecule has 0 bridgehead atoms. The van der Waals surface area contributed by atoms with Gasteiger partial charge in [-0.3, -0.25) is 4.90 Å². The van der Waals surface area contributed by atoms with E-state index in [2.05, 4.69) is 23.2 Å². The Bertz CT molecular complexity index is 460. The van der Waals surface area contributed by atoms with Crippen LogP contribution >= 0.6 is 11.6 Å². The molecule has 2 atom stereocenters. The normalized spacial score (nSPS) is 31.6. The van der Waals surface area contributed by atoms with Gasteiger partial charge in [-0.25, -0.2) is 0 Å². The lowest BCUT2D eigenvalue weighted by molar-refractivity contribution is -0.0400. The molecule has 3 nitrogen and oxygen atoms in total. The van der Waals surface area contributed by atoms with E-state index >= 15 is 0 Å². The van der Waals surface area contributed by atoms with E-state index in [0.29, 0.717) is 5.41 Å². The summed E-state index contributed by atoms with van der Waals surface area (Å²) in [4.78, 5) is 2.53. The van der Waals surface area contributed by atoms with Crippen LogP contribution < -0.4 is 5.32 Å². The molecule has 110 valence electrons. The third-order valence-corrected chi connectivity index (χ3v) is 4.81. The summed E-state index contributed by atoms with van der Waals surface area (Å²) in [5, 5.41) is 4.29. The summed E-state index contributed by atoms with van der Waals surface area (Å²) < 4.78 is 5.93. The van der Waals surface area contributed by atoms with Crippen LogP contribution in [-0.4, -0.2) is 44.2 Å². The molecule has 1 aromatic carbocycles. The highest BCUT2D eigenvalue weighted by molar-refractivity contribution is 6.31. The van der Waals surface area contributed by atoms with Crippen LogP contribution in [0.15, 0.2) is 24.3 Å². The number of morpholine rings is 1. The van der Waals surface area contributed by atoms with E-state index in [1.165, 1.54) is 6.42 Å². The molecule has 0 aliphatic carbocycles. The Morgan fingerprint density at radius 3 is 3.05 bits per heavy atom. The molecular formula is C16H23ClN2O. The third-order valence-electron chi connectivity index (χ3n) is 4.47. The molecule has 2 aliphatic heterocycles. The van der Waals surface area contributed by atoms with Gasteiger partial charge >= 0.3 is 0 Å². The van der Waals surface area contributed by atoms with Crippen molar-refractivity contribution in [1.82, 2.24) is 10.2 Å². The van der Waals surface area contributed by atoms with Crippen LogP contribution in [0.25, 0.3) is 0 Å². The minimum Gasteiger partial charge on any atom is -0.371 e. The summed E-state index contributed by atoms with van der Waals surface area (Å²) in [6.45, 7) is 8.56. The lowest BCUT2D eigenvalue weighted by atomic mass is 9.89. The molecule has 2 unspecified atom stereocenters. The van der Waals surface area contributed by atoms with E-state index in [1.54, 1.807) is 0 Å². The Hall–Kier alpha value is -0.610. The van der Waals surface area contributed by atoms with E-state index < -0.39 is 0 Å². The highest BCUT2D eigenvalue weighted by Crippen LogP contribution is 2.31. The van der Waals surface area contributed by atoms with Crippen LogP contribution in [0.1, 0.15) is 25.0 Å². The molecule has 3 rings (SSSR count). The first kappa shape index (κ1) is 14.3. The van der Waals surface area contributed by atoms with Crippen molar-refractivity contribution in [2.45, 2.75) is 19.4 Å². The highest BCUT2D eigenvalue weighted by Gasteiger charge is 2.33. The molecule has 0 saturated carbocycles. The average molecular weight is 295 g/mol. The summed E-state index contributed by atoms with van der Waals surface area (Å²) >= 11 is 6.29. The van der Waals surface area contributed by atoms with Crippen molar-refractivity contribution >= 4 is 11.6 Å². The summed E-state index contributed by atoms with van der Waals surface area (Å²) in [6.07, 6.45) is 1.37. The van der Waals surface area contributed by atoms with Crippen LogP contribution in [-0.2, 0) is 4.74 Å². The van der Waals surface area contributed by atoms with Gasteiger partial charge in [0.25, 0.3) is 0 Å². The SMILES string of the molecule is CC1(CN2CCOC(c3ccccc3Cl)C2)CCNC1. The van der Waals surface area contributed by atoms with Crippen molar-refractivity contribution in [1.29, 1.82) is 0 Å². The van der Waals surface area contributed by atoms with Gasteiger partial charge in [0.05, 0.1) is 12.7 Å². The Balaban J connectivity index is 1.66. The molecule has 2 fully saturated rings. The van der Waals surface area contributed by atoms with Crippen molar-refractivity contribution in [2.75, 3.05) is 39.3 Å². The molecule has 0 aromatic heterocycles. The van der Waals surface area contributed by atoms with Gasteiger partial charge in [-0.15, -0.1) is 0 Å². The van der Waals surface area contributed by atoms with Crippen molar-refractivity contribution < 1.29 is 4.74 Å². The van der Waals surface area contributed by atoms with Crippen molar-refractivity contribution in [2.24, 2.45) is 5.41 Å². The summed E-state index contributed by atoms with van der Waals surface area (Å²) in [5.41, 5.74) is 1.52. The number of benzene rings is 1. The van der Waals surface area contributed by atoms with Crippen molar-refractivity contribution in [3.63, 3.8) is 0 Å². The number of hydrogen-bond donors (Lipinski definition) is 1. The summed E-state index contributed by atoms with van der Waals surface area (Å²) in [6, 6.07) is 8.03. The molecule has 4 heteroatoms. The number of rotatable bonds is 3. The predicted molar refractivity (Wildman–Crippen MR) is 82.2 cm³/mol. The minimum atomic E-state index is 0.107. The Kier molecular flexibility index (Phi) is 4.32. The average Bonchev–Trinajstić information content (AvgIpc) is 2.86. The Labute approximate surface area is 126 Å². The van der Waals surface area contributed by atoms with Crippen LogP contribution in [0.2, 0.25) is 5.02 Å². The van der Waals surface area contributed by atoms with Gasteiger partial charge < -0.3 is 10.1 Å². The first-order chi connectivity index (χ1) is 9.66. The fourth-order valence-corrected chi connectivity index (χ4v) is 3.57. The smallest absolute Gasteiger partial charge is 0.0966 e. The highest BCUT2D eigenvalue weighted by atomic mass is 35.5. The fourth-order valence-electron chi connectivity index (χ4n) is 3.31. The molecule has 2 saturated heterocycles. The van der Waals surface area contributed by atoms with Gasteiger partial charge in [-0.1, -0.05) is 36.7 Å². The Morgan fingerprint density at radius 2 is 2.30 bits per heavy atom. The second-order valence-electron chi connectivity index (χ2n) is 6.35. The monoisotopic (exact) mass is 294 g/mol. The Morgan fingerprint density at radius 1 is 1.45 bits per heavy atom. The summed E-state index contributed by atoms with van der Waals surface area (Å²) in [7, 11) is 0. The van der Waals surface area contributed by atoms with Gasteiger partial charge in [0, 0.05) is 36.8 Å². The maximum atomic E-state index is 6.29. The van der Waals surface area contributed by atoms with Crippen LogP contribution in [0.3, 0.4) is 0 Å². The van der Waals surface area contributed by atoms with E-state index in [0.717, 1.165) is 49.9 Å². The standard InChI is InChI=1S/C16H23ClN2O/c1-16(6-7-18-11-16)12-19-8-9-20-15(10-19)13-4-2-3-5-14(13)17/h2-5,15,18H,6-12H2,1H3.